The van der Waals surface area contributed by atoms with Gasteiger partial charge in [-0.2, -0.15) is 0 Å². The molecule has 3 aromatic rings. The van der Waals surface area contributed by atoms with E-state index >= 15 is 4.39 Å². The van der Waals surface area contributed by atoms with Crippen LogP contribution in [0, 0.1) is 29.3 Å². The number of piperidine rings is 1. The normalized spacial score (nSPS) is 19.0. The van der Waals surface area contributed by atoms with Gasteiger partial charge in [0.2, 0.25) is 0 Å². The fourth-order valence-corrected chi connectivity index (χ4v) is 6.20. The van der Waals surface area contributed by atoms with Crippen LogP contribution in [0.2, 0.25) is 5.02 Å². The highest BCUT2D eigenvalue weighted by molar-refractivity contribution is 7.99. The third-order valence-electron chi connectivity index (χ3n) is 6.95. The maximum Gasteiger partial charge on any atom is 0.308 e. The molecule has 1 N–H and O–H groups in total. The Morgan fingerprint density at radius 3 is 2.82 bits per heavy atom. The molecule has 3 unspecified atom stereocenters. The lowest BCUT2D eigenvalue weighted by Crippen LogP contribution is -2.44. The number of carboxylic acid groups (broad SMARTS) is 1. The van der Waals surface area contributed by atoms with E-state index in [1.165, 1.54) is 13.3 Å². The van der Waals surface area contributed by atoms with Crippen molar-refractivity contribution in [1.82, 2.24) is 9.88 Å². The third kappa shape index (κ3) is 6.52. The van der Waals surface area contributed by atoms with Crippen molar-refractivity contribution in [1.29, 1.82) is 0 Å². The molecule has 0 amide bonds. The van der Waals surface area contributed by atoms with Crippen LogP contribution < -0.4 is 4.74 Å². The van der Waals surface area contributed by atoms with E-state index < -0.39 is 35.5 Å². The van der Waals surface area contributed by atoms with Crippen molar-refractivity contribution in [3.05, 3.63) is 64.6 Å². The summed E-state index contributed by atoms with van der Waals surface area (Å²) in [7, 11) is 1.52. The molecule has 0 radical (unpaired) electrons. The van der Waals surface area contributed by atoms with Crippen LogP contribution in [-0.2, 0) is 4.79 Å². The second-order valence-corrected chi connectivity index (χ2v) is 10.8. The Morgan fingerprint density at radius 1 is 1.29 bits per heavy atom. The van der Waals surface area contributed by atoms with E-state index in [0.717, 1.165) is 17.8 Å². The van der Waals surface area contributed by atoms with Crippen molar-refractivity contribution in [2.45, 2.75) is 30.3 Å². The van der Waals surface area contributed by atoms with Gasteiger partial charge in [-0.3, -0.25) is 9.78 Å². The van der Waals surface area contributed by atoms with Crippen LogP contribution in [0.5, 0.6) is 5.75 Å². The summed E-state index contributed by atoms with van der Waals surface area (Å²) in [6.07, 6.45) is 1.02. The van der Waals surface area contributed by atoms with E-state index in [1.54, 1.807) is 18.2 Å². The maximum atomic E-state index is 15.5. The molecule has 3 atom stereocenters. The van der Waals surface area contributed by atoms with Gasteiger partial charge < -0.3 is 14.7 Å². The first-order valence-electron chi connectivity index (χ1n) is 12.2. The lowest BCUT2D eigenvalue weighted by atomic mass is 9.81. The zero-order valence-corrected chi connectivity index (χ0v) is 22.2. The molecule has 1 aromatic heterocycles. The van der Waals surface area contributed by atoms with Crippen molar-refractivity contribution in [3.63, 3.8) is 0 Å². The Balaban J connectivity index is 1.36. The van der Waals surface area contributed by atoms with Crippen molar-refractivity contribution >= 4 is 40.2 Å². The Hall–Kier alpha value is -2.56. The number of nitrogens with zero attached hydrogens (tertiary/aromatic N) is 2. The first kappa shape index (κ1) is 28.4. The first-order chi connectivity index (χ1) is 18.2. The molecule has 38 heavy (non-hydrogen) atoms. The SMILES string of the molecule is COc1ccc2ncc(Cl)c(C(F)CCC3CCN(CCSc4cc(F)cc(F)c4F)CC3C(=O)O)c2c1. The van der Waals surface area contributed by atoms with Crippen LogP contribution >= 0.6 is 23.4 Å². The second kappa shape index (κ2) is 12.5. The van der Waals surface area contributed by atoms with Gasteiger partial charge in [-0.1, -0.05) is 11.6 Å². The van der Waals surface area contributed by atoms with Crippen LogP contribution in [0.25, 0.3) is 10.9 Å². The number of aliphatic carboxylic acids is 1. The summed E-state index contributed by atoms with van der Waals surface area (Å²) in [5.74, 6) is -4.20. The number of likely N-dealkylation sites (tertiary alicyclic amines) is 1. The summed E-state index contributed by atoms with van der Waals surface area (Å²) in [6.45, 7) is 1.26. The Labute approximate surface area is 227 Å². The number of hydrogen-bond acceptors (Lipinski definition) is 5. The highest BCUT2D eigenvalue weighted by Crippen LogP contribution is 2.38. The number of carbonyl (C=O) groups is 1. The van der Waals surface area contributed by atoms with E-state index in [0.29, 0.717) is 60.0 Å². The van der Waals surface area contributed by atoms with Gasteiger partial charge in [-0.15, -0.1) is 11.8 Å². The Kier molecular flexibility index (Phi) is 9.38. The van der Waals surface area contributed by atoms with Crippen molar-refractivity contribution in [2.75, 3.05) is 32.5 Å². The number of thioether (sulfide) groups is 1. The van der Waals surface area contributed by atoms with Crippen molar-refractivity contribution in [2.24, 2.45) is 11.8 Å². The van der Waals surface area contributed by atoms with Gasteiger partial charge in [0.05, 0.1) is 23.6 Å². The minimum absolute atomic E-state index is 0.102. The predicted octanol–water partition coefficient (Wildman–Crippen LogP) is 6.92. The van der Waals surface area contributed by atoms with Crippen LogP contribution in [-0.4, -0.2) is 53.5 Å². The number of ether oxygens (including phenoxy) is 1. The standard InChI is InChI=1S/C27H27ClF4N2O3S/c1-37-17-3-5-23-18(12-17)25(20(28)13-33-23)21(30)4-2-15-6-7-34(14-19(15)27(35)36)8-9-38-24-11-16(29)10-22(31)26(24)32/h3,5,10-13,15,19,21H,2,4,6-9,14H2,1H3,(H,35,36). The lowest BCUT2D eigenvalue weighted by Gasteiger charge is -2.36. The Morgan fingerprint density at radius 2 is 2.08 bits per heavy atom. The number of halogens is 5. The molecule has 0 saturated carbocycles. The number of aromatic nitrogens is 1. The molecule has 0 bridgehead atoms. The fourth-order valence-electron chi connectivity index (χ4n) is 4.94. The number of fused-ring (bicyclic) bond motifs is 1. The zero-order valence-electron chi connectivity index (χ0n) is 20.6. The molecule has 204 valence electrons. The molecule has 11 heteroatoms. The summed E-state index contributed by atoms with van der Waals surface area (Å²) in [6, 6.07) is 6.59. The topological polar surface area (TPSA) is 62.7 Å². The van der Waals surface area contributed by atoms with Crippen molar-refractivity contribution < 1.29 is 32.2 Å². The third-order valence-corrected chi connectivity index (χ3v) is 8.25. The minimum atomic E-state index is -1.41. The zero-order chi connectivity index (χ0) is 27.4. The smallest absolute Gasteiger partial charge is 0.308 e. The summed E-state index contributed by atoms with van der Waals surface area (Å²) in [5, 5.41) is 10.6. The fraction of sp³-hybridized carbons (Fsp3) is 0.407. The van der Waals surface area contributed by atoms with E-state index in [-0.39, 0.29) is 28.8 Å². The van der Waals surface area contributed by atoms with Crippen molar-refractivity contribution in [3.8, 4) is 5.75 Å². The predicted molar refractivity (Wildman–Crippen MR) is 139 cm³/mol. The van der Waals surface area contributed by atoms with Gasteiger partial charge in [0, 0.05) is 47.0 Å². The van der Waals surface area contributed by atoms with Gasteiger partial charge in [0.1, 0.15) is 17.7 Å². The van der Waals surface area contributed by atoms with Crippen LogP contribution in [0.3, 0.4) is 0 Å². The summed E-state index contributed by atoms with van der Waals surface area (Å²) in [5.41, 5.74) is 0.904. The van der Waals surface area contributed by atoms with Gasteiger partial charge in [-0.25, -0.2) is 17.6 Å². The van der Waals surface area contributed by atoms with E-state index in [4.69, 9.17) is 16.3 Å². The number of benzene rings is 2. The lowest BCUT2D eigenvalue weighted by molar-refractivity contribution is -0.146. The van der Waals surface area contributed by atoms with Gasteiger partial charge in [0.15, 0.2) is 11.6 Å². The molecule has 1 aliphatic heterocycles. The molecule has 2 aromatic carbocycles. The van der Waals surface area contributed by atoms with Crippen LogP contribution in [0.15, 0.2) is 41.4 Å². The van der Waals surface area contributed by atoms with Gasteiger partial charge in [0.25, 0.3) is 0 Å². The molecule has 1 fully saturated rings. The largest absolute Gasteiger partial charge is 0.497 e. The van der Waals surface area contributed by atoms with Gasteiger partial charge in [-0.05, 0) is 56.0 Å². The molecule has 2 heterocycles. The number of hydrogen-bond donors (Lipinski definition) is 1. The summed E-state index contributed by atoms with van der Waals surface area (Å²) in [4.78, 5) is 18.1. The number of rotatable bonds is 10. The molecule has 1 saturated heterocycles. The monoisotopic (exact) mass is 570 g/mol. The first-order valence-corrected chi connectivity index (χ1v) is 13.5. The minimum Gasteiger partial charge on any atom is -0.497 e. The van der Waals surface area contributed by atoms with E-state index in [2.05, 4.69) is 4.98 Å². The number of carboxylic acids is 1. The van der Waals surface area contributed by atoms with E-state index in [9.17, 15) is 23.1 Å². The van der Waals surface area contributed by atoms with Crippen LogP contribution in [0.4, 0.5) is 17.6 Å². The van der Waals surface area contributed by atoms with E-state index in [1.807, 2.05) is 4.90 Å². The molecular formula is C27H27ClF4N2O3S. The Bertz CT molecular complexity index is 1320. The van der Waals surface area contributed by atoms with Crippen LogP contribution in [0.1, 0.15) is 31.0 Å². The molecule has 0 spiro atoms. The summed E-state index contributed by atoms with van der Waals surface area (Å²) < 4.78 is 61.5. The number of alkyl halides is 1. The molecule has 5 nitrogen and oxygen atoms in total. The molecule has 0 aliphatic carbocycles. The highest BCUT2D eigenvalue weighted by atomic mass is 35.5. The maximum absolute atomic E-state index is 15.5. The average molecular weight is 571 g/mol. The number of methoxy groups -OCH3 is 1. The molecule has 4 rings (SSSR count). The molecular weight excluding hydrogens is 544 g/mol. The average Bonchev–Trinajstić information content (AvgIpc) is 2.89. The molecule has 1 aliphatic rings. The number of pyridine rings is 1. The second-order valence-electron chi connectivity index (χ2n) is 9.29. The summed E-state index contributed by atoms with van der Waals surface area (Å²) >= 11 is 7.30. The quantitative estimate of drug-likeness (QED) is 0.162. The van der Waals surface area contributed by atoms with Gasteiger partial charge >= 0.3 is 5.97 Å². The highest BCUT2D eigenvalue weighted by Gasteiger charge is 2.34.